The van der Waals surface area contributed by atoms with Gasteiger partial charge in [0.1, 0.15) is 12.4 Å². The van der Waals surface area contributed by atoms with Crippen molar-refractivity contribution in [2.24, 2.45) is 0 Å². The summed E-state index contributed by atoms with van der Waals surface area (Å²) in [6.45, 7) is 1.40. The summed E-state index contributed by atoms with van der Waals surface area (Å²) < 4.78 is 10.9. The van der Waals surface area contributed by atoms with E-state index in [9.17, 15) is 5.11 Å². The SMILES string of the molecule is OC1(c2cncc(OCC#Cc3ccccc3)c2)CCOCC1. The minimum Gasteiger partial charge on any atom is -0.479 e. The van der Waals surface area contributed by atoms with Crippen molar-refractivity contribution in [3.05, 3.63) is 59.9 Å². The minimum atomic E-state index is -0.875. The molecule has 1 aliphatic heterocycles. The lowest BCUT2D eigenvalue weighted by Crippen LogP contribution is -2.33. The van der Waals surface area contributed by atoms with Crippen molar-refractivity contribution < 1.29 is 14.6 Å². The molecule has 0 aliphatic carbocycles. The molecule has 1 N–H and O–H groups in total. The summed E-state index contributed by atoms with van der Waals surface area (Å²) in [4.78, 5) is 4.17. The van der Waals surface area contributed by atoms with Gasteiger partial charge in [0.2, 0.25) is 0 Å². The molecule has 0 atom stereocenters. The molecule has 1 fully saturated rings. The topological polar surface area (TPSA) is 51.6 Å². The van der Waals surface area contributed by atoms with E-state index in [2.05, 4.69) is 16.8 Å². The fourth-order valence-corrected chi connectivity index (χ4v) is 2.53. The van der Waals surface area contributed by atoms with E-state index in [1.165, 1.54) is 0 Å². The molecule has 0 unspecified atom stereocenters. The number of ether oxygens (including phenoxy) is 2. The summed E-state index contributed by atoms with van der Waals surface area (Å²) in [5.74, 6) is 6.63. The normalized spacial score (nSPS) is 16.2. The zero-order valence-electron chi connectivity index (χ0n) is 12.9. The summed E-state index contributed by atoms with van der Waals surface area (Å²) in [5.41, 5.74) is 0.856. The largest absolute Gasteiger partial charge is 0.479 e. The Bertz CT molecular complexity index is 697. The van der Waals surface area contributed by atoms with E-state index in [1.807, 2.05) is 36.4 Å². The van der Waals surface area contributed by atoms with Gasteiger partial charge in [0.25, 0.3) is 0 Å². The first-order valence-electron chi connectivity index (χ1n) is 7.69. The summed E-state index contributed by atoms with van der Waals surface area (Å²) in [6.07, 6.45) is 4.47. The van der Waals surface area contributed by atoms with Crippen molar-refractivity contribution in [1.29, 1.82) is 0 Å². The number of aliphatic hydroxyl groups is 1. The third-order valence-electron chi connectivity index (χ3n) is 3.89. The Hall–Kier alpha value is -2.35. The van der Waals surface area contributed by atoms with Crippen LogP contribution in [-0.2, 0) is 10.3 Å². The molecule has 4 heteroatoms. The van der Waals surface area contributed by atoms with Crippen LogP contribution in [0.1, 0.15) is 24.0 Å². The molecule has 3 rings (SSSR count). The first-order chi connectivity index (χ1) is 11.3. The van der Waals surface area contributed by atoms with E-state index in [4.69, 9.17) is 9.47 Å². The van der Waals surface area contributed by atoms with Gasteiger partial charge in [-0.3, -0.25) is 4.98 Å². The zero-order valence-corrected chi connectivity index (χ0v) is 12.9. The smallest absolute Gasteiger partial charge is 0.149 e. The second kappa shape index (κ2) is 7.28. The van der Waals surface area contributed by atoms with Gasteiger partial charge in [-0.25, -0.2) is 0 Å². The second-order valence-electron chi connectivity index (χ2n) is 5.51. The van der Waals surface area contributed by atoms with Crippen LogP contribution in [0, 0.1) is 11.8 Å². The van der Waals surface area contributed by atoms with E-state index in [0.29, 0.717) is 31.8 Å². The molecule has 1 saturated heterocycles. The quantitative estimate of drug-likeness (QED) is 0.885. The van der Waals surface area contributed by atoms with Gasteiger partial charge in [0.05, 0.1) is 11.8 Å². The lowest BCUT2D eigenvalue weighted by Gasteiger charge is -2.32. The highest BCUT2D eigenvalue weighted by atomic mass is 16.5. The number of nitrogens with zero attached hydrogens (tertiary/aromatic N) is 1. The number of rotatable bonds is 3. The molecule has 1 aliphatic rings. The fraction of sp³-hybridized carbons (Fsp3) is 0.316. The van der Waals surface area contributed by atoms with E-state index in [-0.39, 0.29) is 6.61 Å². The van der Waals surface area contributed by atoms with Gasteiger partial charge in [0.15, 0.2) is 0 Å². The molecule has 1 aromatic heterocycles. The van der Waals surface area contributed by atoms with Crippen molar-refractivity contribution in [3.63, 3.8) is 0 Å². The highest BCUT2D eigenvalue weighted by molar-refractivity contribution is 5.34. The predicted octanol–water partition coefficient (Wildman–Crippen LogP) is 2.51. The maximum atomic E-state index is 10.7. The molecule has 0 saturated carbocycles. The van der Waals surface area contributed by atoms with Crippen molar-refractivity contribution in [2.75, 3.05) is 19.8 Å². The van der Waals surface area contributed by atoms with Crippen molar-refractivity contribution >= 4 is 0 Å². The van der Waals surface area contributed by atoms with Crippen LogP contribution in [0.25, 0.3) is 0 Å². The molecule has 2 heterocycles. The van der Waals surface area contributed by atoms with Crippen LogP contribution < -0.4 is 4.74 Å². The van der Waals surface area contributed by atoms with Crippen LogP contribution in [0.5, 0.6) is 5.75 Å². The molecule has 23 heavy (non-hydrogen) atoms. The Labute approximate surface area is 136 Å². The Kier molecular flexibility index (Phi) is 4.92. The number of hydrogen-bond acceptors (Lipinski definition) is 4. The van der Waals surface area contributed by atoms with Gasteiger partial charge in [0, 0.05) is 43.4 Å². The third kappa shape index (κ3) is 4.10. The molecule has 0 bridgehead atoms. The van der Waals surface area contributed by atoms with Gasteiger partial charge < -0.3 is 14.6 Å². The molecule has 2 aromatic rings. The maximum absolute atomic E-state index is 10.7. The average molecular weight is 309 g/mol. The lowest BCUT2D eigenvalue weighted by atomic mass is 9.87. The Morgan fingerprint density at radius 2 is 1.96 bits per heavy atom. The molecular formula is C19H19NO3. The zero-order chi connectivity index (χ0) is 16.0. The number of benzene rings is 1. The number of pyridine rings is 1. The van der Waals surface area contributed by atoms with Crippen LogP contribution in [0.4, 0.5) is 0 Å². The first kappa shape index (κ1) is 15.5. The molecule has 0 radical (unpaired) electrons. The highest BCUT2D eigenvalue weighted by Gasteiger charge is 2.32. The Balaban J connectivity index is 1.63. The Morgan fingerprint density at radius 3 is 2.74 bits per heavy atom. The van der Waals surface area contributed by atoms with Gasteiger partial charge in [-0.15, -0.1) is 0 Å². The Morgan fingerprint density at radius 1 is 1.17 bits per heavy atom. The third-order valence-corrected chi connectivity index (χ3v) is 3.89. The molecule has 0 amide bonds. The lowest BCUT2D eigenvalue weighted by molar-refractivity contribution is -0.0682. The summed E-state index contributed by atoms with van der Waals surface area (Å²) in [6, 6.07) is 11.6. The van der Waals surface area contributed by atoms with Crippen molar-refractivity contribution in [2.45, 2.75) is 18.4 Å². The van der Waals surface area contributed by atoms with E-state index in [1.54, 1.807) is 12.4 Å². The highest BCUT2D eigenvalue weighted by Crippen LogP contribution is 2.32. The number of hydrogen-bond donors (Lipinski definition) is 1. The fourth-order valence-electron chi connectivity index (χ4n) is 2.53. The number of aromatic nitrogens is 1. The van der Waals surface area contributed by atoms with E-state index >= 15 is 0 Å². The van der Waals surface area contributed by atoms with Crippen molar-refractivity contribution in [1.82, 2.24) is 4.98 Å². The molecule has 118 valence electrons. The summed E-state index contributed by atoms with van der Waals surface area (Å²) in [7, 11) is 0. The van der Waals surface area contributed by atoms with Crippen LogP contribution >= 0.6 is 0 Å². The van der Waals surface area contributed by atoms with Crippen LogP contribution in [0.15, 0.2) is 48.8 Å². The molecule has 1 aromatic carbocycles. The average Bonchev–Trinajstić information content (AvgIpc) is 2.61. The predicted molar refractivity (Wildman–Crippen MR) is 87.0 cm³/mol. The first-order valence-corrected chi connectivity index (χ1v) is 7.69. The van der Waals surface area contributed by atoms with E-state index < -0.39 is 5.60 Å². The van der Waals surface area contributed by atoms with E-state index in [0.717, 1.165) is 11.1 Å². The van der Waals surface area contributed by atoms with Gasteiger partial charge in [-0.05, 0) is 18.2 Å². The monoisotopic (exact) mass is 309 g/mol. The standard InChI is InChI=1S/C19H19NO3/c21-19(8-11-22-12-9-19)17-13-18(15-20-14-17)23-10-4-7-16-5-2-1-3-6-16/h1-3,5-6,13-15,21H,8-12H2. The van der Waals surface area contributed by atoms with Crippen molar-refractivity contribution in [3.8, 4) is 17.6 Å². The summed E-state index contributed by atoms with van der Waals surface area (Å²) in [5, 5.41) is 10.7. The second-order valence-corrected chi connectivity index (χ2v) is 5.51. The molecular weight excluding hydrogens is 290 g/mol. The van der Waals surface area contributed by atoms with Crippen LogP contribution in [0.3, 0.4) is 0 Å². The van der Waals surface area contributed by atoms with Crippen LogP contribution in [0.2, 0.25) is 0 Å². The molecule has 4 nitrogen and oxygen atoms in total. The summed E-state index contributed by atoms with van der Waals surface area (Å²) >= 11 is 0. The molecule has 0 spiro atoms. The minimum absolute atomic E-state index is 0.279. The van der Waals surface area contributed by atoms with Gasteiger partial charge >= 0.3 is 0 Å². The maximum Gasteiger partial charge on any atom is 0.149 e. The van der Waals surface area contributed by atoms with Gasteiger partial charge in [-0.2, -0.15) is 0 Å². The van der Waals surface area contributed by atoms with Gasteiger partial charge in [-0.1, -0.05) is 30.0 Å². The van der Waals surface area contributed by atoms with Crippen LogP contribution in [-0.4, -0.2) is 29.9 Å².